The van der Waals surface area contributed by atoms with Gasteiger partial charge in [-0.3, -0.25) is 0 Å². The first-order chi connectivity index (χ1) is 7.47. The Hall–Kier alpha value is -1.35. The standard InChI is InChI=1S/C13H18O3/c1-5-16-13(15)12(14)11-9(3)6-8(2)7-10(11)4/h6-7,12,14H,5H2,1-4H3/t12-/m0/s1. The highest BCUT2D eigenvalue weighted by molar-refractivity contribution is 5.77. The first-order valence-corrected chi connectivity index (χ1v) is 5.39. The molecule has 0 aliphatic carbocycles. The highest BCUT2D eigenvalue weighted by Gasteiger charge is 2.22. The lowest BCUT2D eigenvalue weighted by Crippen LogP contribution is -2.17. The van der Waals surface area contributed by atoms with E-state index in [-0.39, 0.29) is 6.61 Å². The average molecular weight is 222 g/mol. The van der Waals surface area contributed by atoms with E-state index in [1.54, 1.807) is 6.92 Å². The van der Waals surface area contributed by atoms with Gasteiger partial charge in [-0.25, -0.2) is 4.79 Å². The van der Waals surface area contributed by atoms with Crippen molar-refractivity contribution >= 4 is 5.97 Å². The third kappa shape index (κ3) is 2.61. The summed E-state index contributed by atoms with van der Waals surface area (Å²) < 4.78 is 4.81. The maximum atomic E-state index is 11.5. The predicted octanol–water partition coefficient (Wildman–Crippen LogP) is 2.21. The molecule has 0 fully saturated rings. The molecule has 1 rings (SSSR count). The Kier molecular flexibility index (Phi) is 4.07. The summed E-state index contributed by atoms with van der Waals surface area (Å²) in [5, 5.41) is 9.90. The van der Waals surface area contributed by atoms with E-state index in [9.17, 15) is 9.90 Å². The van der Waals surface area contributed by atoms with Crippen molar-refractivity contribution in [2.75, 3.05) is 6.61 Å². The molecule has 1 N–H and O–H groups in total. The number of aryl methyl sites for hydroxylation is 3. The molecule has 1 aromatic rings. The van der Waals surface area contributed by atoms with E-state index in [4.69, 9.17) is 4.74 Å². The molecule has 0 aromatic heterocycles. The van der Waals surface area contributed by atoms with Crippen molar-refractivity contribution < 1.29 is 14.6 Å². The van der Waals surface area contributed by atoms with Gasteiger partial charge < -0.3 is 9.84 Å². The Morgan fingerprint density at radius 3 is 2.25 bits per heavy atom. The van der Waals surface area contributed by atoms with Gasteiger partial charge in [0.05, 0.1) is 6.61 Å². The van der Waals surface area contributed by atoms with Gasteiger partial charge in [0, 0.05) is 0 Å². The Morgan fingerprint density at radius 1 is 1.31 bits per heavy atom. The lowest BCUT2D eigenvalue weighted by molar-refractivity contribution is -0.153. The smallest absolute Gasteiger partial charge is 0.339 e. The van der Waals surface area contributed by atoms with Gasteiger partial charge in [0.25, 0.3) is 0 Å². The SMILES string of the molecule is CCOC(=O)[C@@H](O)c1c(C)cc(C)cc1C. The van der Waals surface area contributed by atoms with Gasteiger partial charge in [0.15, 0.2) is 6.10 Å². The average Bonchev–Trinajstić information content (AvgIpc) is 2.16. The van der Waals surface area contributed by atoms with Crippen LogP contribution in [-0.4, -0.2) is 17.7 Å². The summed E-state index contributed by atoms with van der Waals surface area (Å²) in [5.74, 6) is -0.586. The topological polar surface area (TPSA) is 46.5 Å². The molecule has 0 bridgehead atoms. The van der Waals surface area contributed by atoms with Gasteiger partial charge in [-0.1, -0.05) is 17.7 Å². The molecular weight excluding hydrogens is 204 g/mol. The van der Waals surface area contributed by atoms with Gasteiger partial charge in [0.2, 0.25) is 0 Å². The van der Waals surface area contributed by atoms with Crippen LogP contribution in [0.25, 0.3) is 0 Å². The molecule has 0 aliphatic rings. The molecule has 0 heterocycles. The zero-order valence-electron chi connectivity index (χ0n) is 10.2. The minimum Gasteiger partial charge on any atom is -0.464 e. The molecule has 0 saturated carbocycles. The van der Waals surface area contributed by atoms with Gasteiger partial charge in [-0.2, -0.15) is 0 Å². The molecule has 1 atom stereocenters. The van der Waals surface area contributed by atoms with Crippen LogP contribution >= 0.6 is 0 Å². The van der Waals surface area contributed by atoms with E-state index in [1.165, 1.54) is 0 Å². The first-order valence-electron chi connectivity index (χ1n) is 5.39. The van der Waals surface area contributed by atoms with Crippen LogP contribution < -0.4 is 0 Å². The molecule has 3 nitrogen and oxygen atoms in total. The van der Waals surface area contributed by atoms with Gasteiger partial charge in [-0.05, 0) is 44.4 Å². The van der Waals surface area contributed by atoms with Crippen LogP contribution in [0.3, 0.4) is 0 Å². The molecule has 0 saturated heterocycles. The molecule has 3 heteroatoms. The second-order valence-corrected chi connectivity index (χ2v) is 3.97. The maximum Gasteiger partial charge on any atom is 0.339 e. The zero-order valence-corrected chi connectivity index (χ0v) is 10.2. The van der Waals surface area contributed by atoms with Gasteiger partial charge in [-0.15, -0.1) is 0 Å². The quantitative estimate of drug-likeness (QED) is 0.797. The minimum absolute atomic E-state index is 0.278. The highest BCUT2D eigenvalue weighted by Crippen LogP contribution is 2.24. The van der Waals surface area contributed by atoms with E-state index in [0.29, 0.717) is 5.56 Å². The Labute approximate surface area is 96.1 Å². The van der Waals surface area contributed by atoms with Crippen molar-refractivity contribution in [2.45, 2.75) is 33.8 Å². The summed E-state index contributed by atoms with van der Waals surface area (Å²) in [6.45, 7) is 7.76. The monoisotopic (exact) mass is 222 g/mol. The lowest BCUT2D eigenvalue weighted by Gasteiger charge is -2.16. The fourth-order valence-corrected chi connectivity index (χ4v) is 1.96. The first kappa shape index (κ1) is 12.7. The van der Waals surface area contributed by atoms with E-state index in [0.717, 1.165) is 16.7 Å². The third-order valence-corrected chi connectivity index (χ3v) is 2.52. The molecule has 0 radical (unpaired) electrons. The number of carbonyl (C=O) groups is 1. The molecular formula is C13H18O3. The fraction of sp³-hybridized carbons (Fsp3) is 0.462. The number of esters is 1. The number of hydrogen-bond donors (Lipinski definition) is 1. The van der Waals surface area contributed by atoms with Gasteiger partial charge in [0.1, 0.15) is 0 Å². The molecule has 1 aromatic carbocycles. The number of aliphatic hydroxyl groups is 1. The second kappa shape index (κ2) is 5.12. The summed E-state index contributed by atoms with van der Waals surface area (Å²) in [5.41, 5.74) is 3.61. The number of aliphatic hydroxyl groups excluding tert-OH is 1. The Balaban J connectivity index is 3.08. The summed E-state index contributed by atoms with van der Waals surface area (Å²) >= 11 is 0. The van der Waals surface area contributed by atoms with Crippen LogP contribution in [-0.2, 0) is 9.53 Å². The number of carbonyl (C=O) groups excluding carboxylic acids is 1. The van der Waals surface area contributed by atoms with Crippen LogP contribution in [0, 0.1) is 20.8 Å². The number of ether oxygens (including phenoxy) is 1. The molecule has 16 heavy (non-hydrogen) atoms. The number of hydrogen-bond acceptors (Lipinski definition) is 3. The van der Waals surface area contributed by atoms with Crippen molar-refractivity contribution in [1.29, 1.82) is 0 Å². The molecule has 0 unspecified atom stereocenters. The van der Waals surface area contributed by atoms with Crippen LogP contribution in [0.2, 0.25) is 0 Å². The van der Waals surface area contributed by atoms with Crippen LogP contribution in [0.4, 0.5) is 0 Å². The Morgan fingerprint density at radius 2 is 1.81 bits per heavy atom. The van der Waals surface area contributed by atoms with E-state index >= 15 is 0 Å². The van der Waals surface area contributed by atoms with Crippen LogP contribution in [0.1, 0.15) is 35.3 Å². The van der Waals surface area contributed by atoms with Crippen molar-refractivity contribution in [3.05, 3.63) is 34.4 Å². The minimum atomic E-state index is -1.18. The molecule has 0 aliphatic heterocycles. The number of benzene rings is 1. The summed E-state index contributed by atoms with van der Waals surface area (Å²) in [4.78, 5) is 11.5. The van der Waals surface area contributed by atoms with Crippen LogP contribution in [0.15, 0.2) is 12.1 Å². The summed E-state index contributed by atoms with van der Waals surface area (Å²) in [6.07, 6.45) is -1.18. The second-order valence-electron chi connectivity index (χ2n) is 3.97. The summed E-state index contributed by atoms with van der Waals surface area (Å²) in [6, 6.07) is 3.90. The fourth-order valence-electron chi connectivity index (χ4n) is 1.96. The van der Waals surface area contributed by atoms with Crippen molar-refractivity contribution in [3.63, 3.8) is 0 Å². The van der Waals surface area contributed by atoms with E-state index in [1.807, 2.05) is 32.9 Å². The van der Waals surface area contributed by atoms with Crippen molar-refractivity contribution in [3.8, 4) is 0 Å². The molecule has 0 spiro atoms. The molecule has 88 valence electrons. The predicted molar refractivity (Wildman–Crippen MR) is 62.2 cm³/mol. The van der Waals surface area contributed by atoms with Crippen LogP contribution in [0.5, 0.6) is 0 Å². The highest BCUT2D eigenvalue weighted by atomic mass is 16.5. The lowest BCUT2D eigenvalue weighted by atomic mass is 9.96. The zero-order chi connectivity index (χ0) is 12.3. The maximum absolute atomic E-state index is 11.5. The van der Waals surface area contributed by atoms with E-state index in [2.05, 4.69) is 0 Å². The number of rotatable bonds is 3. The van der Waals surface area contributed by atoms with E-state index < -0.39 is 12.1 Å². The normalized spacial score (nSPS) is 12.3. The van der Waals surface area contributed by atoms with Crippen molar-refractivity contribution in [1.82, 2.24) is 0 Å². The molecule has 0 amide bonds. The largest absolute Gasteiger partial charge is 0.464 e. The summed E-state index contributed by atoms with van der Waals surface area (Å²) in [7, 11) is 0. The van der Waals surface area contributed by atoms with Crippen molar-refractivity contribution in [2.24, 2.45) is 0 Å². The third-order valence-electron chi connectivity index (χ3n) is 2.52. The Bertz CT molecular complexity index is 373. The van der Waals surface area contributed by atoms with Gasteiger partial charge >= 0.3 is 5.97 Å².